The number of aliphatic imine (C=N–C) groups is 1. The normalized spacial score (nSPS) is 14.9. The van der Waals surface area contributed by atoms with Crippen molar-refractivity contribution in [2.75, 3.05) is 13.1 Å². The highest BCUT2D eigenvalue weighted by Gasteiger charge is 2.36. The number of hydrogen-bond donors (Lipinski definition) is 13. The summed E-state index contributed by atoms with van der Waals surface area (Å²) in [4.78, 5) is 149. The Morgan fingerprint density at radius 2 is 1.10 bits per heavy atom. The summed E-state index contributed by atoms with van der Waals surface area (Å²) in [5.74, 6) is -9.65. The minimum atomic E-state index is -1.59. The number of amides is 8. The van der Waals surface area contributed by atoms with Crippen molar-refractivity contribution in [3.63, 3.8) is 0 Å². The topological polar surface area (TPSA) is 447 Å². The average Bonchev–Trinajstić information content (AvgIpc) is 3.36. The van der Waals surface area contributed by atoms with Gasteiger partial charge in [0.05, 0.1) is 17.0 Å². The molecule has 1 aromatic rings. The second-order valence-electron chi connectivity index (χ2n) is 19.5. The second-order valence-corrected chi connectivity index (χ2v) is 19.5. The number of aliphatic carboxylic acids is 1. The number of carbonyl (C=O) groups is 10. The van der Waals surface area contributed by atoms with E-state index in [2.05, 4.69) is 47.5 Å². The zero-order valence-corrected chi connectivity index (χ0v) is 45.6. The standard InChI is InChI=1S/C50H84N14O13/c1-9-11-16-35(31(8)65)58-42(68)30(7)57-45(71)37(22-23-39(66)67)60-47(73)38(26-32-18-20-33(21-19-32)64(76)77)61-49(75)41(28(5)10-2)63-48(74)40(27(3)4)62-46(72)36(17-14-25-55-50(53)54)59-43(69)29(6)56-44(70)34(52)15-12-13-24-51/h18-21,27-30,34-38,40-41H,9-17,22-26,51-52H2,1-8H3,(H,56,70)(H,57,71)(H,58,68)(H,59,69)(H,60,73)(H,61,75)(H,62,72)(H,63,74)(H,66,67)(H4,53,54,55)/t28-,29-,30-,34-,35-,36-,37-,38-,40-,41-/m0/s1. The number of guanidine groups is 1. The summed E-state index contributed by atoms with van der Waals surface area (Å²) < 4.78 is 0. The van der Waals surface area contributed by atoms with Crippen LogP contribution in [0.25, 0.3) is 0 Å². The lowest BCUT2D eigenvalue weighted by Crippen LogP contribution is -2.62. The summed E-state index contributed by atoms with van der Waals surface area (Å²) >= 11 is 0. The van der Waals surface area contributed by atoms with Crippen LogP contribution in [0.1, 0.15) is 132 Å². The number of nitrogens with one attached hydrogen (secondary N) is 8. The molecule has 27 heteroatoms. The second kappa shape index (κ2) is 35.1. The van der Waals surface area contributed by atoms with Gasteiger partial charge < -0.3 is 70.6 Å². The van der Waals surface area contributed by atoms with E-state index in [9.17, 15) is 63.2 Å². The summed E-state index contributed by atoms with van der Waals surface area (Å²) in [6.07, 6.45) is 2.35. The largest absolute Gasteiger partial charge is 0.481 e. The molecule has 0 aliphatic carbocycles. The Hall–Kier alpha value is -7.29. The summed E-state index contributed by atoms with van der Waals surface area (Å²) in [6.45, 7) is 13.1. The van der Waals surface area contributed by atoms with Gasteiger partial charge in [-0.3, -0.25) is 63.1 Å². The molecule has 0 aliphatic heterocycles. The first-order valence-corrected chi connectivity index (χ1v) is 26.1. The van der Waals surface area contributed by atoms with E-state index in [0.717, 1.165) is 6.42 Å². The molecule has 0 aromatic heterocycles. The molecule has 0 unspecified atom stereocenters. The van der Waals surface area contributed by atoms with Crippen LogP contribution >= 0.6 is 0 Å². The maximum Gasteiger partial charge on any atom is 0.303 e. The quantitative estimate of drug-likeness (QED) is 0.0124. The van der Waals surface area contributed by atoms with Crippen LogP contribution in [-0.4, -0.2) is 142 Å². The van der Waals surface area contributed by atoms with Crippen LogP contribution in [0.15, 0.2) is 29.3 Å². The highest BCUT2D eigenvalue weighted by atomic mass is 16.6. The Balaban J connectivity index is 3.57. The maximum atomic E-state index is 14.4. The fourth-order valence-corrected chi connectivity index (χ4v) is 7.56. The van der Waals surface area contributed by atoms with E-state index in [-0.39, 0.29) is 43.2 Å². The minimum absolute atomic E-state index is 0.0238. The predicted molar refractivity (Wildman–Crippen MR) is 286 cm³/mol. The van der Waals surface area contributed by atoms with Crippen LogP contribution < -0.4 is 65.5 Å². The van der Waals surface area contributed by atoms with Crippen molar-refractivity contribution < 1.29 is 58.0 Å². The third-order valence-corrected chi connectivity index (χ3v) is 12.6. The van der Waals surface area contributed by atoms with Crippen LogP contribution in [0.4, 0.5) is 5.69 Å². The van der Waals surface area contributed by atoms with Gasteiger partial charge in [0.2, 0.25) is 47.3 Å². The van der Waals surface area contributed by atoms with Crippen molar-refractivity contribution in [1.82, 2.24) is 42.5 Å². The number of hydrogen-bond acceptors (Lipinski definition) is 15. The van der Waals surface area contributed by atoms with E-state index >= 15 is 0 Å². The molecular weight excluding hydrogens is 1000 g/mol. The number of rotatable bonds is 37. The van der Waals surface area contributed by atoms with E-state index in [1.54, 1.807) is 27.7 Å². The Morgan fingerprint density at radius 3 is 1.62 bits per heavy atom. The fraction of sp³-hybridized carbons (Fsp3) is 0.660. The number of nitro groups is 1. The lowest BCUT2D eigenvalue weighted by molar-refractivity contribution is -0.384. The SMILES string of the molecule is CCCC[C@H](NC(=O)[C@H](C)NC(=O)[C@H](CCC(=O)O)NC(=O)[C@H](Cc1ccc([N+](=O)[O-])cc1)NC(=O)[C@@H](NC(=O)[C@@H](NC(=O)[C@H](CCCN=C(N)N)NC(=O)[C@H](C)NC(=O)[C@@H](N)CCCCN)C(C)C)[C@@H](C)CC)C(C)=O. The van der Waals surface area contributed by atoms with E-state index < -0.39 is 137 Å². The number of nitrogens with zero attached hydrogens (tertiary/aromatic N) is 2. The van der Waals surface area contributed by atoms with Crippen molar-refractivity contribution >= 4 is 70.7 Å². The van der Waals surface area contributed by atoms with Gasteiger partial charge in [-0.15, -0.1) is 0 Å². The molecule has 8 amide bonds. The highest BCUT2D eigenvalue weighted by molar-refractivity contribution is 5.98. The predicted octanol–water partition coefficient (Wildman–Crippen LogP) is -1.09. The van der Waals surface area contributed by atoms with Crippen molar-refractivity contribution in [3.05, 3.63) is 39.9 Å². The van der Waals surface area contributed by atoms with E-state index in [1.165, 1.54) is 45.0 Å². The number of carboxylic acids is 1. The van der Waals surface area contributed by atoms with Crippen LogP contribution in [0.3, 0.4) is 0 Å². The van der Waals surface area contributed by atoms with Gasteiger partial charge >= 0.3 is 5.97 Å². The first kappa shape index (κ1) is 67.7. The van der Waals surface area contributed by atoms with Crippen molar-refractivity contribution in [1.29, 1.82) is 0 Å². The molecule has 1 aromatic carbocycles. The molecule has 0 radical (unpaired) electrons. The molecule has 0 spiro atoms. The van der Waals surface area contributed by atoms with Gasteiger partial charge in [-0.1, -0.05) is 72.4 Å². The molecule has 0 saturated carbocycles. The summed E-state index contributed by atoms with van der Waals surface area (Å²) in [5.41, 5.74) is 22.5. The zero-order valence-electron chi connectivity index (χ0n) is 45.6. The van der Waals surface area contributed by atoms with Crippen molar-refractivity contribution in [2.24, 2.45) is 39.8 Å². The van der Waals surface area contributed by atoms with Gasteiger partial charge in [0, 0.05) is 31.5 Å². The number of unbranched alkanes of at least 4 members (excludes halogenated alkanes) is 2. The first-order chi connectivity index (χ1) is 36.2. The van der Waals surface area contributed by atoms with Crippen LogP contribution in [-0.2, 0) is 54.4 Å². The van der Waals surface area contributed by atoms with Gasteiger partial charge in [0.25, 0.3) is 5.69 Å². The molecule has 10 atom stereocenters. The molecule has 0 saturated heterocycles. The molecular formula is C50H84N14O13. The number of ketones is 1. The molecule has 0 heterocycles. The highest BCUT2D eigenvalue weighted by Crippen LogP contribution is 2.16. The first-order valence-electron chi connectivity index (χ1n) is 26.1. The zero-order chi connectivity index (χ0) is 58.5. The number of Topliss-reactive ketones (excluding diaryl/α,β-unsaturated/α-hetero) is 1. The number of nitro benzene ring substituents is 1. The van der Waals surface area contributed by atoms with E-state index in [4.69, 9.17) is 22.9 Å². The smallest absolute Gasteiger partial charge is 0.303 e. The Kier molecular flexibility index (Phi) is 30.9. The summed E-state index contributed by atoms with van der Waals surface area (Å²) in [5, 5.41) is 41.6. The number of carbonyl (C=O) groups excluding carboxylic acids is 9. The molecule has 1 rings (SSSR count). The number of benzene rings is 1. The molecule has 0 bridgehead atoms. The molecule has 27 nitrogen and oxygen atoms in total. The molecule has 77 heavy (non-hydrogen) atoms. The molecule has 0 aliphatic rings. The van der Waals surface area contributed by atoms with Crippen LogP contribution in [0, 0.1) is 22.0 Å². The van der Waals surface area contributed by atoms with Gasteiger partial charge in [0.1, 0.15) is 42.3 Å². The average molecular weight is 1090 g/mol. The molecule has 432 valence electrons. The lowest BCUT2D eigenvalue weighted by atomic mass is 9.95. The monoisotopic (exact) mass is 1090 g/mol. The van der Waals surface area contributed by atoms with Crippen molar-refractivity contribution in [2.45, 2.75) is 187 Å². The number of nitrogens with two attached hydrogens (primary N) is 4. The Labute approximate surface area is 449 Å². The van der Waals surface area contributed by atoms with Crippen molar-refractivity contribution in [3.8, 4) is 0 Å². The summed E-state index contributed by atoms with van der Waals surface area (Å²) in [6, 6.07) is -6.28. The maximum absolute atomic E-state index is 14.4. The van der Waals surface area contributed by atoms with Gasteiger partial charge in [-0.05, 0) is 83.2 Å². The van der Waals surface area contributed by atoms with Crippen LogP contribution in [0.5, 0.6) is 0 Å². The minimum Gasteiger partial charge on any atom is -0.481 e. The van der Waals surface area contributed by atoms with Gasteiger partial charge in [-0.2, -0.15) is 0 Å². The molecule has 17 N–H and O–H groups in total. The number of carboxylic acid groups (broad SMARTS) is 1. The Bertz CT molecular complexity index is 2190. The van der Waals surface area contributed by atoms with Crippen LogP contribution in [0.2, 0.25) is 0 Å². The van der Waals surface area contributed by atoms with Gasteiger partial charge in [0.15, 0.2) is 11.7 Å². The third kappa shape index (κ3) is 25.4. The summed E-state index contributed by atoms with van der Waals surface area (Å²) in [7, 11) is 0. The van der Waals surface area contributed by atoms with E-state index in [0.29, 0.717) is 50.6 Å². The van der Waals surface area contributed by atoms with E-state index in [1.807, 2.05) is 6.92 Å². The number of non-ortho nitro benzene ring substituents is 1. The lowest BCUT2D eigenvalue weighted by Gasteiger charge is -2.30. The fourth-order valence-electron chi connectivity index (χ4n) is 7.56. The van der Waals surface area contributed by atoms with Gasteiger partial charge in [-0.25, -0.2) is 0 Å². The molecule has 0 fully saturated rings. The Morgan fingerprint density at radius 1 is 0.610 bits per heavy atom. The third-order valence-electron chi connectivity index (χ3n) is 12.6.